The number of hydrogen-bond acceptors (Lipinski definition) is 3. The molecule has 1 aliphatic rings. The Bertz CT molecular complexity index is 621. The second kappa shape index (κ2) is 6.93. The second-order valence-electron chi connectivity index (χ2n) is 5.18. The van der Waals surface area contributed by atoms with Crippen LogP contribution in [0.5, 0.6) is 0 Å². The maximum atomic E-state index is 12.4. The van der Waals surface area contributed by atoms with Crippen LogP contribution in [0.3, 0.4) is 0 Å². The van der Waals surface area contributed by atoms with E-state index in [1.165, 1.54) is 6.92 Å². The zero-order chi connectivity index (χ0) is 15.2. The molecule has 1 fully saturated rings. The van der Waals surface area contributed by atoms with E-state index < -0.39 is 11.6 Å². The molecule has 1 aromatic rings. The predicted molar refractivity (Wildman–Crippen MR) is 81.7 cm³/mol. The lowest BCUT2D eigenvalue weighted by atomic mass is 9.87. The fourth-order valence-corrected chi connectivity index (χ4v) is 2.35. The third kappa shape index (κ3) is 4.09. The molecule has 1 aromatic carbocycles. The molecule has 21 heavy (non-hydrogen) atoms. The van der Waals surface area contributed by atoms with Crippen molar-refractivity contribution in [3.63, 3.8) is 0 Å². The molecule has 0 saturated heterocycles. The van der Waals surface area contributed by atoms with Crippen molar-refractivity contribution in [3.8, 4) is 0 Å². The van der Waals surface area contributed by atoms with Gasteiger partial charge in [0.15, 0.2) is 11.6 Å². The van der Waals surface area contributed by atoms with Crippen molar-refractivity contribution in [3.05, 3.63) is 53.1 Å². The monoisotopic (exact) mass is 282 g/mol. The van der Waals surface area contributed by atoms with E-state index in [1.54, 1.807) is 6.08 Å². The molecule has 0 spiro atoms. The Morgan fingerprint density at radius 1 is 1.10 bits per heavy atom. The molecular formula is C18H18O3. The van der Waals surface area contributed by atoms with Gasteiger partial charge in [-0.1, -0.05) is 36.4 Å². The molecule has 0 N–H and O–H groups in total. The fourth-order valence-electron chi connectivity index (χ4n) is 2.35. The van der Waals surface area contributed by atoms with E-state index in [1.807, 2.05) is 36.4 Å². The molecule has 0 heterocycles. The number of benzene rings is 1. The van der Waals surface area contributed by atoms with Gasteiger partial charge in [-0.05, 0) is 36.5 Å². The minimum Gasteiger partial charge on any atom is -0.291 e. The summed E-state index contributed by atoms with van der Waals surface area (Å²) in [5, 5.41) is 0. The van der Waals surface area contributed by atoms with E-state index in [2.05, 4.69) is 0 Å². The van der Waals surface area contributed by atoms with Gasteiger partial charge in [0.25, 0.3) is 0 Å². The van der Waals surface area contributed by atoms with Crippen molar-refractivity contribution >= 4 is 23.4 Å². The number of hydrogen-bond donors (Lipinski definition) is 0. The van der Waals surface area contributed by atoms with Gasteiger partial charge in [-0.25, -0.2) is 0 Å². The standard InChI is InChI=1S/C18H18O3/c1-13(19)17(20)11-10-15-8-5-9-16(18(15)21)12-14-6-3-2-4-7-14/h2-4,6-7,10,12H,5,8-9,11H2,1H3/b15-10-,16-12-. The van der Waals surface area contributed by atoms with Crippen molar-refractivity contribution in [2.24, 2.45) is 0 Å². The summed E-state index contributed by atoms with van der Waals surface area (Å²) >= 11 is 0. The van der Waals surface area contributed by atoms with Crippen LogP contribution >= 0.6 is 0 Å². The summed E-state index contributed by atoms with van der Waals surface area (Å²) in [7, 11) is 0. The molecule has 3 nitrogen and oxygen atoms in total. The van der Waals surface area contributed by atoms with Gasteiger partial charge in [0, 0.05) is 18.9 Å². The lowest BCUT2D eigenvalue weighted by Gasteiger charge is -2.16. The lowest BCUT2D eigenvalue weighted by Crippen LogP contribution is -2.14. The smallest absolute Gasteiger partial charge is 0.201 e. The molecule has 2 rings (SSSR count). The van der Waals surface area contributed by atoms with Crippen LogP contribution in [0.15, 0.2) is 47.6 Å². The van der Waals surface area contributed by atoms with E-state index in [4.69, 9.17) is 0 Å². The van der Waals surface area contributed by atoms with Crippen LogP contribution in [0.2, 0.25) is 0 Å². The predicted octanol–water partition coefficient (Wildman–Crippen LogP) is 3.30. The first-order valence-corrected chi connectivity index (χ1v) is 7.11. The minimum absolute atomic E-state index is 0.00135. The summed E-state index contributed by atoms with van der Waals surface area (Å²) in [6.45, 7) is 1.25. The quantitative estimate of drug-likeness (QED) is 0.629. The molecule has 1 aliphatic carbocycles. The van der Waals surface area contributed by atoms with Gasteiger partial charge in [0.1, 0.15) is 0 Å². The van der Waals surface area contributed by atoms with E-state index in [0.717, 1.165) is 24.0 Å². The van der Waals surface area contributed by atoms with Crippen LogP contribution < -0.4 is 0 Å². The van der Waals surface area contributed by atoms with Crippen molar-refractivity contribution in [1.82, 2.24) is 0 Å². The van der Waals surface area contributed by atoms with Gasteiger partial charge in [-0.15, -0.1) is 0 Å². The lowest BCUT2D eigenvalue weighted by molar-refractivity contribution is -0.134. The molecule has 3 heteroatoms. The third-order valence-electron chi connectivity index (χ3n) is 3.54. The van der Waals surface area contributed by atoms with E-state index >= 15 is 0 Å². The summed E-state index contributed by atoms with van der Waals surface area (Å²) in [5.41, 5.74) is 2.42. The molecule has 0 bridgehead atoms. The summed E-state index contributed by atoms with van der Waals surface area (Å²) in [6.07, 6.45) is 5.87. The van der Waals surface area contributed by atoms with Crippen LogP contribution in [-0.4, -0.2) is 17.3 Å². The van der Waals surface area contributed by atoms with Gasteiger partial charge in [-0.3, -0.25) is 14.4 Å². The van der Waals surface area contributed by atoms with Crippen LogP contribution in [0.4, 0.5) is 0 Å². The SMILES string of the molecule is CC(=O)C(=O)C/C=C1/CCC/C(=C/c2ccccc2)C1=O. The third-order valence-corrected chi connectivity index (χ3v) is 3.54. The normalized spacial score (nSPS) is 19.0. The Kier molecular flexibility index (Phi) is 4.99. The number of carbonyl (C=O) groups excluding carboxylic acids is 3. The Balaban J connectivity index is 2.15. The number of carbonyl (C=O) groups is 3. The summed E-state index contributed by atoms with van der Waals surface area (Å²) in [4.78, 5) is 34.7. The van der Waals surface area contributed by atoms with Gasteiger partial charge < -0.3 is 0 Å². The average molecular weight is 282 g/mol. The molecule has 0 aromatic heterocycles. The van der Waals surface area contributed by atoms with E-state index in [-0.39, 0.29) is 12.2 Å². The van der Waals surface area contributed by atoms with Crippen LogP contribution in [0.25, 0.3) is 6.08 Å². The van der Waals surface area contributed by atoms with Crippen molar-refractivity contribution in [2.45, 2.75) is 32.6 Å². The number of ketones is 3. The van der Waals surface area contributed by atoms with Gasteiger partial charge in [0.05, 0.1) is 0 Å². The zero-order valence-electron chi connectivity index (χ0n) is 12.1. The maximum Gasteiger partial charge on any atom is 0.201 e. The second-order valence-corrected chi connectivity index (χ2v) is 5.18. The molecule has 0 amide bonds. The number of Topliss-reactive ketones (excluding diaryl/α,β-unsaturated/α-hetero) is 3. The average Bonchev–Trinajstić information content (AvgIpc) is 2.48. The van der Waals surface area contributed by atoms with E-state index in [9.17, 15) is 14.4 Å². The zero-order valence-corrected chi connectivity index (χ0v) is 12.1. The van der Waals surface area contributed by atoms with E-state index in [0.29, 0.717) is 12.0 Å². The van der Waals surface area contributed by atoms with Gasteiger partial charge >= 0.3 is 0 Å². The van der Waals surface area contributed by atoms with Crippen molar-refractivity contribution in [1.29, 1.82) is 0 Å². The number of rotatable bonds is 4. The largest absolute Gasteiger partial charge is 0.291 e. The molecule has 0 atom stereocenters. The minimum atomic E-state index is -0.463. The Morgan fingerprint density at radius 3 is 2.43 bits per heavy atom. The summed E-state index contributed by atoms with van der Waals surface area (Å²) in [6, 6.07) is 9.71. The van der Waals surface area contributed by atoms with Crippen molar-refractivity contribution < 1.29 is 14.4 Å². The Morgan fingerprint density at radius 2 is 1.76 bits per heavy atom. The summed E-state index contributed by atoms with van der Waals surface area (Å²) < 4.78 is 0. The Hall–Kier alpha value is -2.29. The maximum absolute atomic E-state index is 12.4. The number of allylic oxidation sites excluding steroid dienone is 3. The highest BCUT2D eigenvalue weighted by molar-refractivity contribution is 6.36. The Labute approximate surface area is 124 Å². The molecule has 0 aliphatic heterocycles. The first-order valence-electron chi connectivity index (χ1n) is 7.11. The highest BCUT2D eigenvalue weighted by Crippen LogP contribution is 2.26. The molecule has 0 unspecified atom stereocenters. The highest BCUT2D eigenvalue weighted by atomic mass is 16.2. The van der Waals surface area contributed by atoms with Crippen molar-refractivity contribution in [2.75, 3.05) is 0 Å². The van der Waals surface area contributed by atoms with Gasteiger partial charge in [0.2, 0.25) is 5.78 Å². The topological polar surface area (TPSA) is 51.2 Å². The summed E-state index contributed by atoms with van der Waals surface area (Å²) in [5.74, 6) is -0.911. The van der Waals surface area contributed by atoms with Crippen LogP contribution in [0, 0.1) is 0 Å². The van der Waals surface area contributed by atoms with Crippen LogP contribution in [0.1, 0.15) is 38.2 Å². The molecular weight excluding hydrogens is 264 g/mol. The molecule has 0 radical (unpaired) electrons. The fraction of sp³-hybridized carbons (Fsp3) is 0.278. The molecule has 108 valence electrons. The van der Waals surface area contributed by atoms with Crippen LogP contribution in [-0.2, 0) is 14.4 Å². The first kappa shape index (κ1) is 15.1. The highest BCUT2D eigenvalue weighted by Gasteiger charge is 2.20. The first-order chi connectivity index (χ1) is 10.1. The molecule has 1 saturated carbocycles. The van der Waals surface area contributed by atoms with Gasteiger partial charge in [-0.2, -0.15) is 0 Å².